The molecule has 1 aromatic heterocycles. The molecule has 0 radical (unpaired) electrons. The molecule has 90 valence electrons. The summed E-state index contributed by atoms with van der Waals surface area (Å²) in [5.41, 5.74) is 0.875. The van der Waals surface area contributed by atoms with Crippen molar-refractivity contribution >= 4 is 38.2 Å². The van der Waals surface area contributed by atoms with Crippen LogP contribution in [0, 0.1) is 0 Å². The van der Waals surface area contributed by atoms with E-state index in [1.807, 2.05) is 18.2 Å². The molecule has 1 aromatic carbocycles. The molecule has 1 heterocycles. The van der Waals surface area contributed by atoms with Crippen LogP contribution in [0.15, 0.2) is 36.5 Å². The normalized spacial score (nSPS) is 14.5. The number of benzene rings is 1. The third-order valence-electron chi connectivity index (χ3n) is 2.07. The number of nitrogens with zero attached hydrogens (tertiary/aromatic N) is 1. The molecule has 17 heavy (non-hydrogen) atoms. The van der Waals surface area contributed by atoms with E-state index in [1.165, 1.54) is 0 Å². The number of pyridine rings is 1. The first kappa shape index (κ1) is 12.8. The highest BCUT2D eigenvalue weighted by Gasteiger charge is 2.20. The zero-order chi connectivity index (χ0) is 12.3. The smallest absolute Gasteiger partial charge is 0.418 e. The van der Waals surface area contributed by atoms with Gasteiger partial charge in [0.05, 0.1) is 34.2 Å². The van der Waals surface area contributed by atoms with E-state index in [4.69, 9.17) is 9.05 Å². The molecule has 4 nitrogen and oxygen atoms in total. The molecule has 2 rings (SSSR count). The Hall–Kier alpha value is -0.650. The van der Waals surface area contributed by atoms with Crippen molar-refractivity contribution in [2.24, 2.45) is 0 Å². The molecule has 0 aliphatic carbocycles. The van der Waals surface area contributed by atoms with Crippen LogP contribution in [0.4, 0.5) is 0 Å². The van der Waals surface area contributed by atoms with Crippen molar-refractivity contribution in [3.63, 3.8) is 0 Å². The molecule has 1 atom stereocenters. The highest BCUT2D eigenvalue weighted by molar-refractivity contribution is 14.2. The Morgan fingerprint density at radius 1 is 1.41 bits per heavy atom. The van der Waals surface area contributed by atoms with Gasteiger partial charge in [0, 0.05) is 11.6 Å². The van der Waals surface area contributed by atoms with Gasteiger partial charge in [0.2, 0.25) is 0 Å². The topological polar surface area (TPSA) is 48.4 Å². The number of hydrogen-bond acceptors (Lipinski definition) is 4. The Morgan fingerprint density at radius 2 is 2.24 bits per heavy atom. The van der Waals surface area contributed by atoms with Gasteiger partial charge in [0.1, 0.15) is 5.75 Å². The predicted octanol–water partition coefficient (Wildman–Crippen LogP) is 4.19. The van der Waals surface area contributed by atoms with E-state index in [-0.39, 0.29) is 0 Å². The van der Waals surface area contributed by atoms with Gasteiger partial charge >= 0.3 is 5.24 Å². The van der Waals surface area contributed by atoms with E-state index < -0.39 is 5.24 Å². The van der Waals surface area contributed by atoms with Crippen molar-refractivity contribution < 1.29 is 13.6 Å². The lowest BCUT2D eigenvalue weighted by Crippen LogP contribution is -1.92. The fourth-order valence-electron chi connectivity index (χ4n) is 1.42. The average Bonchev–Trinajstić information content (AvgIpc) is 2.28. The van der Waals surface area contributed by atoms with Crippen molar-refractivity contribution in [2.75, 3.05) is 6.61 Å². The standard InChI is InChI=1S/C11H11INO3P/c1-2-15-17(12,14)16-10-5-6-11-9(8-10)4-3-7-13-11/h3-8H,2H2,1H3. The van der Waals surface area contributed by atoms with Crippen molar-refractivity contribution in [1.29, 1.82) is 0 Å². The Kier molecular flexibility index (Phi) is 4.01. The van der Waals surface area contributed by atoms with Gasteiger partial charge in [0.25, 0.3) is 0 Å². The van der Waals surface area contributed by atoms with Crippen LogP contribution < -0.4 is 4.52 Å². The van der Waals surface area contributed by atoms with Gasteiger partial charge in [0.15, 0.2) is 0 Å². The number of halogens is 1. The summed E-state index contributed by atoms with van der Waals surface area (Å²) in [5, 5.41) is -2.10. The van der Waals surface area contributed by atoms with E-state index in [0.29, 0.717) is 12.4 Å². The van der Waals surface area contributed by atoms with E-state index in [1.54, 1.807) is 47.3 Å². The Bertz CT molecular complexity index is 575. The minimum absolute atomic E-state index is 0.357. The quantitative estimate of drug-likeness (QED) is 0.604. The van der Waals surface area contributed by atoms with Crippen molar-refractivity contribution in [3.8, 4) is 5.75 Å². The maximum atomic E-state index is 11.8. The monoisotopic (exact) mass is 363 g/mol. The third kappa shape index (κ3) is 3.40. The van der Waals surface area contributed by atoms with Crippen molar-refractivity contribution in [1.82, 2.24) is 4.98 Å². The summed E-state index contributed by atoms with van der Waals surface area (Å²) in [6, 6.07) is 9.13. The second-order valence-corrected chi connectivity index (χ2v) is 8.14. The van der Waals surface area contributed by atoms with Crippen LogP contribution in [-0.4, -0.2) is 11.6 Å². The zero-order valence-corrected chi connectivity index (χ0v) is 12.2. The Morgan fingerprint density at radius 3 is 3.00 bits per heavy atom. The molecule has 0 saturated heterocycles. The molecular weight excluding hydrogens is 352 g/mol. The average molecular weight is 363 g/mol. The third-order valence-corrected chi connectivity index (χ3v) is 4.49. The molecule has 0 aliphatic heterocycles. The SMILES string of the molecule is CCOP(=O)(I)Oc1ccc2ncccc2c1. The zero-order valence-electron chi connectivity index (χ0n) is 9.17. The molecule has 0 bridgehead atoms. The summed E-state index contributed by atoms with van der Waals surface area (Å²) in [6.45, 7) is 2.13. The maximum absolute atomic E-state index is 11.8. The van der Waals surface area contributed by atoms with Gasteiger partial charge in [-0.05, 0) is 31.2 Å². The van der Waals surface area contributed by atoms with Crippen LogP contribution in [0.25, 0.3) is 10.9 Å². The van der Waals surface area contributed by atoms with Gasteiger partial charge in [-0.2, -0.15) is 0 Å². The molecule has 0 N–H and O–H groups in total. The van der Waals surface area contributed by atoms with E-state index in [0.717, 1.165) is 10.9 Å². The summed E-state index contributed by atoms with van der Waals surface area (Å²) < 4.78 is 22.2. The maximum Gasteiger partial charge on any atom is 0.438 e. The molecule has 0 fully saturated rings. The summed E-state index contributed by atoms with van der Waals surface area (Å²) >= 11 is 1.70. The summed E-state index contributed by atoms with van der Waals surface area (Å²) in [6.07, 6.45) is 1.73. The molecular formula is C11H11INO3P. The summed E-state index contributed by atoms with van der Waals surface area (Å²) in [7, 11) is 0. The van der Waals surface area contributed by atoms with Gasteiger partial charge in [-0.25, -0.2) is 4.57 Å². The molecule has 6 heteroatoms. The fourth-order valence-corrected chi connectivity index (χ4v) is 3.66. The lowest BCUT2D eigenvalue weighted by atomic mass is 10.2. The first-order chi connectivity index (χ1) is 8.11. The minimum atomic E-state index is -3.04. The summed E-state index contributed by atoms with van der Waals surface area (Å²) in [5.74, 6) is 0.525. The number of rotatable bonds is 4. The Balaban J connectivity index is 2.28. The van der Waals surface area contributed by atoms with E-state index in [9.17, 15) is 4.57 Å². The van der Waals surface area contributed by atoms with Gasteiger partial charge in [-0.1, -0.05) is 6.07 Å². The molecule has 0 aliphatic rings. The highest BCUT2D eigenvalue weighted by Crippen LogP contribution is 2.56. The first-order valence-electron chi connectivity index (χ1n) is 5.09. The lowest BCUT2D eigenvalue weighted by Gasteiger charge is -2.12. The molecule has 0 saturated carbocycles. The van der Waals surface area contributed by atoms with Gasteiger partial charge in [-0.15, -0.1) is 0 Å². The van der Waals surface area contributed by atoms with Crippen LogP contribution >= 0.6 is 27.3 Å². The van der Waals surface area contributed by atoms with Gasteiger partial charge < -0.3 is 4.52 Å². The molecule has 2 aromatic rings. The highest BCUT2D eigenvalue weighted by atomic mass is 127. The van der Waals surface area contributed by atoms with Crippen molar-refractivity contribution in [2.45, 2.75) is 6.92 Å². The van der Waals surface area contributed by atoms with Crippen LogP contribution in [0.3, 0.4) is 0 Å². The fraction of sp³-hybridized carbons (Fsp3) is 0.182. The van der Waals surface area contributed by atoms with E-state index >= 15 is 0 Å². The molecule has 1 unspecified atom stereocenters. The Labute approximate surface area is 112 Å². The van der Waals surface area contributed by atoms with Crippen LogP contribution in [-0.2, 0) is 9.09 Å². The first-order valence-corrected chi connectivity index (χ1v) is 9.42. The van der Waals surface area contributed by atoms with Crippen LogP contribution in [0.1, 0.15) is 6.92 Å². The van der Waals surface area contributed by atoms with E-state index in [2.05, 4.69) is 4.98 Å². The molecule has 0 amide bonds. The summed E-state index contributed by atoms with van der Waals surface area (Å²) in [4.78, 5) is 4.20. The minimum Gasteiger partial charge on any atom is -0.418 e. The van der Waals surface area contributed by atoms with Crippen LogP contribution in [0.5, 0.6) is 5.75 Å². The number of aromatic nitrogens is 1. The van der Waals surface area contributed by atoms with Crippen LogP contribution in [0.2, 0.25) is 0 Å². The lowest BCUT2D eigenvalue weighted by molar-refractivity contribution is 0.299. The van der Waals surface area contributed by atoms with Crippen molar-refractivity contribution in [3.05, 3.63) is 36.5 Å². The van der Waals surface area contributed by atoms with Gasteiger partial charge in [-0.3, -0.25) is 9.51 Å². The largest absolute Gasteiger partial charge is 0.438 e. The second-order valence-electron chi connectivity index (χ2n) is 3.30. The predicted molar refractivity (Wildman–Crippen MR) is 75.6 cm³/mol. The number of fused-ring (bicyclic) bond motifs is 1. The second kappa shape index (κ2) is 5.33. The number of hydrogen-bond donors (Lipinski definition) is 0. The molecule has 0 spiro atoms.